The van der Waals surface area contributed by atoms with Gasteiger partial charge in [-0.3, -0.25) is 14.4 Å². The van der Waals surface area contributed by atoms with E-state index < -0.39 is 24.1 Å². The van der Waals surface area contributed by atoms with Crippen LogP contribution in [0.15, 0.2) is 24.3 Å². The van der Waals surface area contributed by atoms with Crippen LogP contribution in [0, 0.1) is 0 Å². The quantitative estimate of drug-likeness (QED) is 0.817. The van der Waals surface area contributed by atoms with Crippen LogP contribution in [0.3, 0.4) is 0 Å². The van der Waals surface area contributed by atoms with Crippen molar-refractivity contribution in [3.05, 3.63) is 29.8 Å². The molecule has 0 bridgehead atoms. The van der Waals surface area contributed by atoms with E-state index in [0.717, 1.165) is 5.56 Å². The molecule has 134 valence electrons. The number of hydrogen-bond donors (Lipinski definition) is 1. The van der Waals surface area contributed by atoms with E-state index in [0.29, 0.717) is 12.1 Å². The molecule has 0 spiro atoms. The number of amides is 1. The van der Waals surface area contributed by atoms with E-state index in [1.807, 2.05) is 18.2 Å². The van der Waals surface area contributed by atoms with Gasteiger partial charge in [0.1, 0.15) is 6.04 Å². The maximum Gasteiger partial charge on any atom is 0.337 e. The highest BCUT2D eigenvalue weighted by atomic mass is 16.7. The predicted molar refractivity (Wildman–Crippen MR) is 86.2 cm³/mol. The number of esters is 2. The number of carbonyl (C=O) groups excluding carboxylic acids is 3. The molecule has 1 aromatic carbocycles. The third-order valence-electron chi connectivity index (χ3n) is 4.31. The number of anilines is 1. The van der Waals surface area contributed by atoms with E-state index in [1.54, 1.807) is 13.0 Å². The first kappa shape index (κ1) is 17.4. The van der Waals surface area contributed by atoms with Crippen molar-refractivity contribution >= 4 is 23.5 Å². The van der Waals surface area contributed by atoms with Crippen LogP contribution < -0.4 is 5.32 Å². The standard InChI is InChI=1S/C17H20N2O6/c1-3-24-15(20)9-13-16(21)18-11-7-5-4-6-10(11)12-8-14(17(22)23-2)25-19(12)13/h4-7,12-14H,3,8-9H2,1-2H3,(H,18,21)/t12-,13+,14-/m0/s1. The minimum atomic E-state index is -0.897. The summed E-state index contributed by atoms with van der Waals surface area (Å²) in [6.45, 7) is 1.92. The first-order chi connectivity index (χ1) is 12.0. The lowest BCUT2D eigenvalue weighted by Crippen LogP contribution is -2.43. The van der Waals surface area contributed by atoms with E-state index in [2.05, 4.69) is 5.32 Å². The third-order valence-corrected chi connectivity index (χ3v) is 4.31. The minimum absolute atomic E-state index is 0.169. The molecule has 0 saturated carbocycles. The first-order valence-corrected chi connectivity index (χ1v) is 8.13. The Kier molecular flexibility index (Phi) is 5.00. The summed E-state index contributed by atoms with van der Waals surface area (Å²) in [6.07, 6.45) is -0.658. The number of para-hydroxylation sites is 1. The van der Waals surface area contributed by atoms with Gasteiger partial charge in [-0.15, -0.1) is 0 Å². The zero-order chi connectivity index (χ0) is 18.0. The number of nitrogens with zero attached hydrogens (tertiary/aromatic N) is 1. The molecule has 1 aromatic rings. The molecule has 0 aliphatic carbocycles. The van der Waals surface area contributed by atoms with E-state index in [1.165, 1.54) is 12.2 Å². The summed E-state index contributed by atoms with van der Waals surface area (Å²) in [7, 11) is 1.28. The van der Waals surface area contributed by atoms with Crippen molar-refractivity contribution in [2.75, 3.05) is 19.0 Å². The number of hydroxylamine groups is 2. The highest BCUT2D eigenvalue weighted by molar-refractivity contribution is 5.98. The van der Waals surface area contributed by atoms with Crippen molar-refractivity contribution in [1.29, 1.82) is 0 Å². The Morgan fingerprint density at radius 1 is 1.36 bits per heavy atom. The van der Waals surface area contributed by atoms with Gasteiger partial charge in [0.05, 0.1) is 26.2 Å². The van der Waals surface area contributed by atoms with Crippen LogP contribution in [-0.2, 0) is 28.7 Å². The lowest BCUT2D eigenvalue weighted by Gasteiger charge is -2.27. The molecule has 0 radical (unpaired) electrons. The number of carbonyl (C=O) groups is 3. The molecular formula is C17H20N2O6. The summed E-state index contributed by atoms with van der Waals surface area (Å²) < 4.78 is 9.72. The summed E-state index contributed by atoms with van der Waals surface area (Å²) in [6, 6.07) is 6.06. The lowest BCUT2D eigenvalue weighted by molar-refractivity contribution is -0.205. The number of hydrogen-bond acceptors (Lipinski definition) is 7. The average Bonchev–Trinajstić information content (AvgIpc) is 3.00. The number of rotatable bonds is 4. The predicted octanol–water partition coefficient (Wildman–Crippen LogP) is 1.18. The van der Waals surface area contributed by atoms with Gasteiger partial charge in [-0.25, -0.2) is 4.79 Å². The molecule has 25 heavy (non-hydrogen) atoms. The fourth-order valence-electron chi connectivity index (χ4n) is 3.19. The number of fused-ring (bicyclic) bond motifs is 3. The van der Waals surface area contributed by atoms with Crippen LogP contribution in [0.25, 0.3) is 0 Å². The second-order valence-electron chi connectivity index (χ2n) is 5.83. The topological polar surface area (TPSA) is 94.2 Å². The maximum atomic E-state index is 12.6. The molecular weight excluding hydrogens is 328 g/mol. The van der Waals surface area contributed by atoms with Crippen LogP contribution in [0.5, 0.6) is 0 Å². The van der Waals surface area contributed by atoms with Gasteiger partial charge in [0.15, 0.2) is 6.10 Å². The van der Waals surface area contributed by atoms with Crippen LogP contribution in [-0.4, -0.2) is 48.8 Å². The number of benzene rings is 1. The van der Waals surface area contributed by atoms with E-state index in [4.69, 9.17) is 14.3 Å². The fraction of sp³-hybridized carbons (Fsp3) is 0.471. The summed E-state index contributed by atoms with van der Waals surface area (Å²) in [5, 5.41) is 4.25. The van der Waals surface area contributed by atoms with E-state index >= 15 is 0 Å². The van der Waals surface area contributed by atoms with E-state index in [9.17, 15) is 14.4 Å². The molecule has 2 aliphatic heterocycles. The van der Waals surface area contributed by atoms with Gasteiger partial charge in [0, 0.05) is 12.1 Å². The lowest BCUT2D eigenvalue weighted by atomic mass is 9.99. The van der Waals surface area contributed by atoms with Gasteiger partial charge in [0.2, 0.25) is 5.91 Å². The largest absolute Gasteiger partial charge is 0.467 e. The maximum absolute atomic E-state index is 12.6. The zero-order valence-corrected chi connectivity index (χ0v) is 14.1. The van der Waals surface area contributed by atoms with Gasteiger partial charge >= 0.3 is 11.9 Å². The molecule has 0 unspecified atom stereocenters. The Balaban J connectivity index is 1.95. The van der Waals surface area contributed by atoms with Crippen molar-refractivity contribution in [2.24, 2.45) is 0 Å². The highest BCUT2D eigenvalue weighted by Crippen LogP contribution is 2.42. The molecule has 2 aliphatic rings. The Morgan fingerprint density at radius 3 is 2.84 bits per heavy atom. The number of ether oxygens (including phenoxy) is 2. The molecule has 1 amide bonds. The molecule has 8 nitrogen and oxygen atoms in total. The second-order valence-corrected chi connectivity index (χ2v) is 5.83. The van der Waals surface area contributed by atoms with Crippen molar-refractivity contribution in [2.45, 2.75) is 38.0 Å². The molecule has 0 aromatic heterocycles. The molecule has 1 fully saturated rings. The Hall–Kier alpha value is -2.45. The van der Waals surface area contributed by atoms with Crippen LogP contribution in [0.2, 0.25) is 0 Å². The van der Waals surface area contributed by atoms with Crippen molar-refractivity contribution in [3.63, 3.8) is 0 Å². The van der Waals surface area contributed by atoms with Gasteiger partial charge in [-0.05, 0) is 18.6 Å². The monoisotopic (exact) mass is 348 g/mol. The molecule has 8 heteroatoms. The van der Waals surface area contributed by atoms with Crippen LogP contribution >= 0.6 is 0 Å². The fourth-order valence-corrected chi connectivity index (χ4v) is 3.19. The molecule has 3 rings (SSSR count). The molecule has 1 saturated heterocycles. The molecule has 2 heterocycles. The van der Waals surface area contributed by atoms with Crippen molar-refractivity contribution < 1.29 is 28.7 Å². The average molecular weight is 348 g/mol. The molecule has 3 atom stereocenters. The van der Waals surface area contributed by atoms with Gasteiger partial charge in [-0.1, -0.05) is 18.2 Å². The zero-order valence-electron chi connectivity index (χ0n) is 14.1. The Labute approximate surface area is 145 Å². The Bertz CT molecular complexity index is 691. The third kappa shape index (κ3) is 3.35. The molecule has 1 N–H and O–H groups in total. The SMILES string of the molecule is CCOC(=O)C[C@@H]1C(=O)Nc2ccccc2[C@@H]2C[C@@H](C(=O)OC)ON12. The highest BCUT2D eigenvalue weighted by Gasteiger charge is 2.47. The minimum Gasteiger partial charge on any atom is -0.467 e. The van der Waals surface area contributed by atoms with Crippen molar-refractivity contribution in [3.8, 4) is 0 Å². The van der Waals surface area contributed by atoms with Crippen LogP contribution in [0.1, 0.15) is 31.4 Å². The van der Waals surface area contributed by atoms with Crippen LogP contribution in [0.4, 0.5) is 5.69 Å². The van der Waals surface area contributed by atoms with Crippen molar-refractivity contribution in [1.82, 2.24) is 5.06 Å². The smallest absolute Gasteiger partial charge is 0.337 e. The number of nitrogens with one attached hydrogen (secondary N) is 1. The summed E-state index contributed by atoms with van der Waals surface area (Å²) in [5.74, 6) is -1.40. The van der Waals surface area contributed by atoms with E-state index in [-0.39, 0.29) is 25.0 Å². The second kappa shape index (κ2) is 7.20. The summed E-state index contributed by atoms with van der Waals surface area (Å²) in [5.41, 5.74) is 1.47. The Morgan fingerprint density at radius 2 is 2.12 bits per heavy atom. The van der Waals surface area contributed by atoms with Gasteiger partial charge in [-0.2, -0.15) is 5.06 Å². The van der Waals surface area contributed by atoms with Gasteiger partial charge in [0.25, 0.3) is 0 Å². The summed E-state index contributed by atoms with van der Waals surface area (Å²) >= 11 is 0. The number of methoxy groups -OCH3 is 1. The van der Waals surface area contributed by atoms with Gasteiger partial charge < -0.3 is 14.8 Å². The normalized spacial score (nSPS) is 25.4. The first-order valence-electron chi connectivity index (χ1n) is 8.13. The summed E-state index contributed by atoms with van der Waals surface area (Å²) in [4.78, 5) is 42.2.